The number of hydrogen-bond acceptors (Lipinski definition) is 3. The molecule has 27 heavy (non-hydrogen) atoms. The average molecular weight is 431 g/mol. The fraction of sp³-hybridized carbons (Fsp3) is 0.409. The minimum Gasteiger partial charge on any atom is -0.391 e. The van der Waals surface area contributed by atoms with Gasteiger partial charge in [0.1, 0.15) is 0 Å². The van der Waals surface area contributed by atoms with E-state index >= 15 is 0 Å². The predicted octanol–water partition coefficient (Wildman–Crippen LogP) is 3.85. The van der Waals surface area contributed by atoms with Crippen LogP contribution in [0.1, 0.15) is 52.7 Å². The van der Waals surface area contributed by atoms with Crippen LogP contribution in [-0.2, 0) is 13.0 Å². The minimum atomic E-state index is -0.547. The summed E-state index contributed by atoms with van der Waals surface area (Å²) in [6.07, 6.45) is 1.80. The van der Waals surface area contributed by atoms with Gasteiger partial charge in [-0.05, 0) is 54.2 Å². The van der Waals surface area contributed by atoms with Gasteiger partial charge in [0.2, 0.25) is 0 Å². The van der Waals surface area contributed by atoms with Gasteiger partial charge in [0.05, 0.1) is 6.10 Å². The number of fused-ring (bicyclic) bond motifs is 1. The van der Waals surface area contributed by atoms with Gasteiger partial charge in [-0.1, -0.05) is 47.1 Å². The first-order valence-corrected chi connectivity index (χ1v) is 10.4. The summed E-state index contributed by atoms with van der Waals surface area (Å²) < 4.78 is 1.000. The summed E-state index contributed by atoms with van der Waals surface area (Å²) in [5, 5.41) is 10.6. The number of rotatable bonds is 7. The molecular formula is C22H27BrN2O2. The quantitative estimate of drug-likeness (QED) is 0.700. The Morgan fingerprint density at radius 1 is 1.26 bits per heavy atom. The van der Waals surface area contributed by atoms with Crippen LogP contribution in [0.25, 0.3) is 0 Å². The van der Waals surface area contributed by atoms with Crippen molar-refractivity contribution in [2.75, 3.05) is 13.1 Å². The topological polar surface area (TPSA) is 66.6 Å². The summed E-state index contributed by atoms with van der Waals surface area (Å²) in [5.74, 6) is 0.323. The highest BCUT2D eigenvalue weighted by molar-refractivity contribution is 9.10. The zero-order valence-electron chi connectivity index (χ0n) is 15.7. The van der Waals surface area contributed by atoms with Gasteiger partial charge in [-0.15, -0.1) is 0 Å². The van der Waals surface area contributed by atoms with Gasteiger partial charge >= 0.3 is 0 Å². The Kier molecular flexibility index (Phi) is 6.68. The van der Waals surface area contributed by atoms with Gasteiger partial charge in [0.15, 0.2) is 0 Å². The van der Waals surface area contributed by atoms with E-state index in [1.165, 1.54) is 5.56 Å². The molecule has 5 heteroatoms. The first-order chi connectivity index (χ1) is 13.0. The molecule has 4 nitrogen and oxygen atoms in total. The molecule has 0 spiro atoms. The van der Waals surface area contributed by atoms with Crippen LogP contribution in [0, 0.1) is 0 Å². The van der Waals surface area contributed by atoms with Crippen molar-refractivity contribution in [1.82, 2.24) is 4.90 Å². The van der Waals surface area contributed by atoms with Crippen molar-refractivity contribution >= 4 is 21.8 Å². The molecule has 2 aromatic rings. The van der Waals surface area contributed by atoms with Crippen molar-refractivity contribution in [1.29, 1.82) is 0 Å². The molecule has 2 aromatic carbocycles. The molecule has 2 unspecified atom stereocenters. The van der Waals surface area contributed by atoms with Crippen LogP contribution in [0.2, 0.25) is 0 Å². The number of carbonyl (C=O) groups excluding carboxylic acids is 1. The van der Waals surface area contributed by atoms with Crippen molar-refractivity contribution in [3.05, 3.63) is 69.2 Å². The third-order valence-electron chi connectivity index (χ3n) is 5.42. The molecule has 1 heterocycles. The molecule has 1 aliphatic rings. The molecule has 0 aliphatic carbocycles. The number of benzene rings is 2. The largest absolute Gasteiger partial charge is 0.391 e. The van der Waals surface area contributed by atoms with Gasteiger partial charge in [-0.2, -0.15) is 0 Å². The van der Waals surface area contributed by atoms with Crippen molar-refractivity contribution in [3.8, 4) is 0 Å². The number of carbonyl (C=O) groups is 1. The lowest BCUT2D eigenvalue weighted by molar-refractivity contribution is 0.0565. The Hall–Kier alpha value is -1.69. The summed E-state index contributed by atoms with van der Waals surface area (Å²) in [6, 6.07) is 13.9. The molecule has 2 atom stereocenters. The summed E-state index contributed by atoms with van der Waals surface area (Å²) in [6.45, 7) is 3.68. The van der Waals surface area contributed by atoms with Crippen LogP contribution in [0.4, 0.5) is 0 Å². The number of amides is 1. The average Bonchev–Trinajstić information content (AvgIpc) is 2.68. The van der Waals surface area contributed by atoms with Crippen LogP contribution in [0.15, 0.2) is 46.9 Å². The van der Waals surface area contributed by atoms with E-state index in [-0.39, 0.29) is 5.91 Å². The first-order valence-electron chi connectivity index (χ1n) is 9.57. The second kappa shape index (κ2) is 9.00. The fourth-order valence-electron chi connectivity index (χ4n) is 3.86. The van der Waals surface area contributed by atoms with Crippen LogP contribution in [0.5, 0.6) is 0 Å². The maximum absolute atomic E-state index is 12.9. The molecule has 0 saturated heterocycles. The molecule has 3 N–H and O–H groups in total. The maximum Gasteiger partial charge on any atom is 0.254 e. The smallest absolute Gasteiger partial charge is 0.254 e. The standard InChI is InChI=1S/C22H27BrN2O2/c1-2-15-13-25(22(27)20-10-8-18(23)11-21(15)20)14-19(26)9-7-16-5-3-4-6-17(16)12-24/h3-6,8,10-11,15,19,26H,2,7,9,12-14,24H2,1H3. The normalized spacial score (nSPS) is 17.7. The lowest BCUT2D eigenvalue weighted by Gasteiger charge is -2.35. The number of aryl methyl sites for hydroxylation is 1. The molecule has 0 radical (unpaired) electrons. The Morgan fingerprint density at radius 3 is 2.70 bits per heavy atom. The van der Waals surface area contributed by atoms with Crippen LogP contribution in [0.3, 0.4) is 0 Å². The lowest BCUT2D eigenvalue weighted by atomic mass is 9.87. The van der Waals surface area contributed by atoms with Gasteiger partial charge in [-0.3, -0.25) is 4.79 Å². The summed E-state index contributed by atoms with van der Waals surface area (Å²) >= 11 is 3.50. The van der Waals surface area contributed by atoms with Gasteiger partial charge in [-0.25, -0.2) is 0 Å². The molecule has 3 rings (SSSR count). The van der Waals surface area contributed by atoms with E-state index in [1.54, 1.807) is 0 Å². The third kappa shape index (κ3) is 4.60. The molecule has 1 amide bonds. The number of halogens is 1. The number of β-amino-alcohol motifs (C(OH)–C–C–N with tert-alkyl or cyclic N) is 1. The van der Waals surface area contributed by atoms with Crippen LogP contribution in [-0.4, -0.2) is 35.1 Å². The maximum atomic E-state index is 12.9. The molecule has 0 saturated carbocycles. The van der Waals surface area contributed by atoms with E-state index in [4.69, 9.17) is 5.73 Å². The Balaban J connectivity index is 1.66. The van der Waals surface area contributed by atoms with E-state index < -0.39 is 6.10 Å². The number of aliphatic hydroxyl groups excluding tert-OH is 1. The van der Waals surface area contributed by atoms with Crippen molar-refractivity contribution < 1.29 is 9.90 Å². The summed E-state index contributed by atoms with van der Waals surface area (Å²) in [7, 11) is 0. The molecule has 0 fully saturated rings. The van der Waals surface area contributed by atoms with E-state index in [0.717, 1.165) is 34.0 Å². The highest BCUT2D eigenvalue weighted by atomic mass is 79.9. The van der Waals surface area contributed by atoms with Crippen molar-refractivity contribution in [2.24, 2.45) is 5.73 Å². The van der Waals surface area contributed by atoms with E-state index in [0.29, 0.717) is 32.0 Å². The first kappa shape index (κ1) is 20.1. The lowest BCUT2D eigenvalue weighted by Crippen LogP contribution is -2.44. The Labute approximate surface area is 169 Å². The molecule has 1 aliphatic heterocycles. The molecule has 0 bridgehead atoms. The Morgan fingerprint density at radius 2 is 2.00 bits per heavy atom. The van der Waals surface area contributed by atoms with E-state index in [1.807, 2.05) is 35.2 Å². The third-order valence-corrected chi connectivity index (χ3v) is 5.91. The Bertz CT molecular complexity index is 809. The van der Waals surface area contributed by atoms with E-state index in [9.17, 15) is 9.90 Å². The zero-order valence-corrected chi connectivity index (χ0v) is 17.3. The van der Waals surface area contributed by atoms with Crippen LogP contribution >= 0.6 is 15.9 Å². The predicted molar refractivity (Wildman–Crippen MR) is 112 cm³/mol. The van der Waals surface area contributed by atoms with Crippen molar-refractivity contribution in [3.63, 3.8) is 0 Å². The van der Waals surface area contributed by atoms with Crippen LogP contribution < -0.4 is 5.73 Å². The molecule has 144 valence electrons. The monoisotopic (exact) mass is 430 g/mol. The van der Waals surface area contributed by atoms with Gasteiger partial charge in [0.25, 0.3) is 5.91 Å². The number of nitrogens with two attached hydrogens (primary N) is 1. The zero-order chi connectivity index (χ0) is 19.4. The minimum absolute atomic E-state index is 0.0172. The SMILES string of the molecule is CCC1CN(CC(O)CCc2ccccc2CN)C(=O)c2ccc(Br)cc21. The van der Waals surface area contributed by atoms with Gasteiger partial charge < -0.3 is 15.7 Å². The second-order valence-corrected chi connectivity index (χ2v) is 8.13. The number of nitrogens with zero attached hydrogens (tertiary/aromatic N) is 1. The highest BCUT2D eigenvalue weighted by Gasteiger charge is 2.31. The molecular weight excluding hydrogens is 404 g/mol. The summed E-state index contributed by atoms with van der Waals surface area (Å²) in [4.78, 5) is 14.7. The fourth-order valence-corrected chi connectivity index (χ4v) is 4.24. The molecule has 0 aromatic heterocycles. The van der Waals surface area contributed by atoms with E-state index in [2.05, 4.69) is 35.0 Å². The number of hydrogen-bond donors (Lipinski definition) is 2. The number of aliphatic hydroxyl groups is 1. The van der Waals surface area contributed by atoms with Crippen molar-refractivity contribution in [2.45, 2.75) is 44.8 Å². The second-order valence-electron chi connectivity index (χ2n) is 7.21. The summed E-state index contributed by atoms with van der Waals surface area (Å²) in [5.41, 5.74) is 9.95. The highest BCUT2D eigenvalue weighted by Crippen LogP contribution is 2.32. The van der Waals surface area contributed by atoms with Gasteiger partial charge in [0, 0.05) is 35.6 Å².